The highest BCUT2D eigenvalue weighted by Gasteiger charge is 2.36. The molecule has 0 aromatic heterocycles. The van der Waals surface area contributed by atoms with Gasteiger partial charge in [-0.15, -0.1) is 0 Å². The molecule has 154 valence electrons. The van der Waals surface area contributed by atoms with Crippen LogP contribution in [0.2, 0.25) is 0 Å². The third kappa shape index (κ3) is 3.65. The van der Waals surface area contributed by atoms with Crippen molar-refractivity contribution in [2.45, 2.75) is 32.4 Å². The first-order chi connectivity index (χ1) is 14.6. The van der Waals surface area contributed by atoms with Crippen molar-refractivity contribution < 1.29 is 9.53 Å². The van der Waals surface area contributed by atoms with E-state index in [0.29, 0.717) is 11.3 Å². The number of fused-ring (bicyclic) bond motifs is 1. The fourth-order valence-electron chi connectivity index (χ4n) is 4.48. The van der Waals surface area contributed by atoms with Crippen molar-refractivity contribution in [1.29, 1.82) is 0 Å². The first kappa shape index (κ1) is 20.0. The van der Waals surface area contributed by atoms with E-state index in [4.69, 9.17) is 4.74 Å². The van der Waals surface area contributed by atoms with Crippen molar-refractivity contribution in [3.05, 3.63) is 90.0 Å². The van der Waals surface area contributed by atoms with Crippen LogP contribution in [0.4, 0.5) is 11.4 Å². The highest BCUT2D eigenvalue weighted by atomic mass is 16.5. The molecule has 30 heavy (non-hydrogen) atoms. The summed E-state index contributed by atoms with van der Waals surface area (Å²) in [4.78, 5) is 17.9. The number of benzene rings is 3. The Labute approximate surface area is 178 Å². The van der Waals surface area contributed by atoms with Crippen molar-refractivity contribution in [2.24, 2.45) is 0 Å². The van der Waals surface area contributed by atoms with Crippen LogP contribution in [0.25, 0.3) is 0 Å². The quantitative estimate of drug-likeness (QED) is 0.551. The van der Waals surface area contributed by atoms with Gasteiger partial charge < -0.3 is 14.5 Å². The molecule has 2 atom stereocenters. The highest BCUT2D eigenvalue weighted by Crippen LogP contribution is 2.42. The van der Waals surface area contributed by atoms with E-state index in [-0.39, 0.29) is 18.0 Å². The van der Waals surface area contributed by atoms with Gasteiger partial charge >= 0.3 is 0 Å². The number of hydrogen-bond acceptors (Lipinski definition) is 3. The maximum atomic E-state index is 13.5. The summed E-state index contributed by atoms with van der Waals surface area (Å²) in [5.74, 6) is 0.702. The van der Waals surface area contributed by atoms with E-state index in [2.05, 4.69) is 61.2 Å². The number of nitrogens with zero attached hydrogens (tertiary/aromatic N) is 2. The van der Waals surface area contributed by atoms with Gasteiger partial charge in [0.05, 0.1) is 13.2 Å². The van der Waals surface area contributed by atoms with Crippen LogP contribution < -0.4 is 14.5 Å². The Bertz CT molecular complexity index is 1020. The summed E-state index contributed by atoms with van der Waals surface area (Å²) in [6, 6.07) is 26.5. The van der Waals surface area contributed by atoms with Crippen molar-refractivity contribution in [3.63, 3.8) is 0 Å². The number of ether oxygens (including phenoxy) is 1. The summed E-state index contributed by atoms with van der Waals surface area (Å²) >= 11 is 0. The SMILES string of the molecule is CCN(c1ccccc1)C1CC(C)N(C(=O)c2cccc(OC)c2)c2ccccc21. The van der Waals surface area contributed by atoms with Gasteiger partial charge in [-0.2, -0.15) is 0 Å². The fourth-order valence-corrected chi connectivity index (χ4v) is 4.48. The number of anilines is 2. The number of methoxy groups -OCH3 is 1. The Hall–Kier alpha value is -3.27. The highest BCUT2D eigenvalue weighted by molar-refractivity contribution is 6.07. The van der Waals surface area contributed by atoms with Crippen molar-refractivity contribution >= 4 is 17.3 Å². The lowest BCUT2D eigenvalue weighted by molar-refractivity contribution is 0.0973. The van der Waals surface area contributed by atoms with Gasteiger partial charge in [-0.05, 0) is 62.2 Å². The smallest absolute Gasteiger partial charge is 0.258 e. The van der Waals surface area contributed by atoms with Gasteiger partial charge in [0.1, 0.15) is 5.75 Å². The Kier molecular flexibility index (Phi) is 5.75. The molecule has 4 heteroatoms. The number of carbonyl (C=O) groups excluding carboxylic acids is 1. The normalized spacial score (nSPS) is 17.9. The average molecular weight is 401 g/mol. The molecule has 4 nitrogen and oxygen atoms in total. The second-order valence-corrected chi connectivity index (χ2v) is 7.69. The third-order valence-electron chi connectivity index (χ3n) is 5.90. The minimum Gasteiger partial charge on any atom is -0.497 e. The van der Waals surface area contributed by atoms with Crippen LogP contribution in [0.3, 0.4) is 0 Å². The summed E-state index contributed by atoms with van der Waals surface area (Å²) in [6.07, 6.45) is 0.870. The van der Waals surface area contributed by atoms with Gasteiger partial charge in [0.2, 0.25) is 0 Å². The van der Waals surface area contributed by atoms with E-state index in [9.17, 15) is 4.79 Å². The molecule has 0 fully saturated rings. The molecular weight excluding hydrogens is 372 g/mol. The van der Waals surface area contributed by atoms with Gasteiger partial charge in [-0.3, -0.25) is 4.79 Å². The molecule has 0 radical (unpaired) electrons. The molecule has 3 aromatic carbocycles. The van der Waals surface area contributed by atoms with Gasteiger partial charge in [-0.1, -0.05) is 42.5 Å². The van der Waals surface area contributed by atoms with Gasteiger partial charge in [-0.25, -0.2) is 0 Å². The number of hydrogen-bond donors (Lipinski definition) is 0. The van der Waals surface area contributed by atoms with Crippen LogP contribution in [-0.4, -0.2) is 25.6 Å². The van der Waals surface area contributed by atoms with Crippen molar-refractivity contribution in [1.82, 2.24) is 0 Å². The molecule has 1 aliphatic rings. The zero-order valence-corrected chi connectivity index (χ0v) is 17.8. The van der Waals surface area contributed by atoms with E-state index < -0.39 is 0 Å². The van der Waals surface area contributed by atoms with E-state index >= 15 is 0 Å². The second-order valence-electron chi connectivity index (χ2n) is 7.69. The first-order valence-electron chi connectivity index (χ1n) is 10.5. The Morgan fingerprint density at radius 2 is 1.77 bits per heavy atom. The molecule has 1 aliphatic heterocycles. The maximum absolute atomic E-state index is 13.5. The lowest BCUT2D eigenvalue weighted by Gasteiger charge is -2.44. The molecule has 2 unspecified atom stereocenters. The Morgan fingerprint density at radius 3 is 2.50 bits per heavy atom. The minimum absolute atomic E-state index is 0.00931. The molecule has 0 aliphatic carbocycles. The molecule has 0 saturated heterocycles. The van der Waals surface area contributed by atoms with E-state index in [1.807, 2.05) is 41.3 Å². The summed E-state index contributed by atoms with van der Waals surface area (Å²) in [6.45, 7) is 5.23. The first-order valence-corrected chi connectivity index (χ1v) is 10.5. The fraction of sp³-hybridized carbons (Fsp3) is 0.269. The summed E-state index contributed by atoms with van der Waals surface area (Å²) in [7, 11) is 1.62. The molecule has 1 amide bonds. The average Bonchev–Trinajstić information content (AvgIpc) is 2.80. The molecule has 0 saturated carbocycles. The summed E-state index contributed by atoms with van der Waals surface area (Å²) in [5, 5.41) is 0. The lowest BCUT2D eigenvalue weighted by atomic mass is 9.89. The molecule has 0 N–H and O–H groups in total. The van der Waals surface area contributed by atoms with E-state index in [0.717, 1.165) is 18.7 Å². The Morgan fingerprint density at radius 1 is 1.03 bits per heavy atom. The predicted molar refractivity (Wildman–Crippen MR) is 123 cm³/mol. The standard InChI is InChI=1S/C26H28N2O2/c1-4-27(21-12-6-5-7-13-21)25-17-19(2)28(24-16-9-8-15-23(24)25)26(29)20-11-10-14-22(18-20)30-3/h5-16,18-19,25H,4,17H2,1-3H3. The number of rotatable bonds is 5. The molecule has 1 heterocycles. The van der Waals surface area contributed by atoms with Gasteiger partial charge in [0.25, 0.3) is 5.91 Å². The largest absolute Gasteiger partial charge is 0.497 e. The van der Waals surface area contributed by atoms with Crippen molar-refractivity contribution in [3.8, 4) is 5.75 Å². The minimum atomic E-state index is 0.00931. The van der Waals surface area contributed by atoms with E-state index in [1.54, 1.807) is 7.11 Å². The predicted octanol–water partition coefficient (Wildman–Crippen LogP) is 5.70. The van der Waals surface area contributed by atoms with Crippen molar-refractivity contribution in [2.75, 3.05) is 23.5 Å². The molecular formula is C26H28N2O2. The third-order valence-corrected chi connectivity index (χ3v) is 5.90. The molecule has 0 spiro atoms. The zero-order valence-electron chi connectivity index (χ0n) is 17.8. The number of amides is 1. The lowest BCUT2D eigenvalue weighted by Crippen LogP contribution is -2.46. The van der Waals surface area contributed by atoms with Crippen LogP contribution in [0.15, 0.2) is 78.9 Å². The molecule has 4 rings (SSSR count). The summed E-state index contributed by atoms with van der Waals surface area (Å²) < 4.78 is 5.32. The van der Waals surface area contributed by atoms with Crippen LogP contribution in [0.1, 0.15) is 42.2 Å². The monoisotopic (exact) mass is 400 g/mol. The number of carbonyl (C=O) groups is 1. The second kappa shape index (κ2) is 8.62. The maximum Gasteiger partial charge on any atom is 0.258 e. The van der Waals surface area contributed by atoms with Gasteiger partial charge in [0, 0.05) is 29.5 Å². The van der Waals surface area contributed by atoms with E-state index in [1.165, 1.54) is 11.3 Å². The van der Waals surface area contributed by atoms with Crippen LogP contribution >= 0.6 is 0 Å². The van der Waals surface area contributed by atoms with Crippen LogP contribution in [-0.2, 0) is 0 Å². The van der Waals surface area contributed by atoms with Gasteiger partial charge in [0.15, 0.2) is 0 Å². The molecule has 3 aromatic rings. The topological polar surface area (TPSA) is 32.8 Å². The zero-order chi connectivity index (χ0) is 21.1. The summed E-state index contributed by atoms with van der Waals surface area (Å²) in [5.41, 5.74) is 4.03. The van der Waals surface area contributed by atoms with Crippen LogP contribution in [0.5, 0.6) is 5.75 Å². The van der Waals surface area contributed by atoms with Crippen LogP contribution in [0, 0.1) is 0 Å². The Balaban J connectivity index is 1.74. The number of para-hydroxylation sites is 2. The molecule has 0 bridgehead atoms.